The summed E-state index contributed by atoms with van der Waals surface area (Å²) < 4.78 is 5.21. The second kappa shape index (κ2) is 6.43. The lowest BCUT2D eigenvalue weighted by molar-refractivity contribution is -0.130. The Morgan fingerprint density at radius 3 is 2.63 bits per heavy atom. The topological polar surface area (TPSA) is 33.5 Å². The van der Waals surface area contributed by atoms with Gasteiger partial charge in [-0.3, -0.25) is 4.79 Å². The van der Waals surface area contributed by atoms with Crippen LogP contribution in [0.1, 0.15) is 17.7 Å². The van der Waals surface area contributed by atoms with Crippen LogP contribution in [0.4, 0.5) is 0 Å². The molecule has 100 valence electrons. The lowest BCUT2D eigenvalue weighted by atomic mass is 10.2. The molecule has 0 unspecified atom stereocenters. The van der Waals surface area contributed by atoms with E-state index in [4.69, 9.17) is 16.0 Å². The zero-order valence-electron chi connectivity index (χ0n) is 10.8. The van der Waals surface area contributed by atoms with Crippen LogP contribution in [0.5, 0.6) is 0 Å². The van der Waals surface area contributed by atoms with Gasteiger partial charge in [0, 0.05) is 31.5 Å². The number of carbonyl (C=O) groups excluding carboxylic acids is 1. The third-order valence-electron chi connectivity index (χ3n) is 2.92. The van der Waals surface area contributed by atoms with Crippen molar-refractivity contribution in [3.63, 3.8) is 0 Å². The average molecular weight is 278 g/mol. The van der Waals surface area contributed by atoms with Crippen molar-refractivity contribution in [2.24, 2.45) is 0 Å². The number of hydrogen-bond acceptors (Lipinski definition) is 2. The zero-order chi connectivity index (χ0) is 13.7. The fraction of sp³-hybridized carbons (Fsp3) is 0.267. The van der Waals surface area contributed by atoms with Gasteiger partial charge in [0.25, 0.3) is 0 Å². The van der Waals surface area contributed by atoms with E-state index < -0.39 is 0 Å². The summed E-state index contributed by atoms with van der Waals surface area (Å²) in [4.78, 5) is 13.7. The second-order valence-electron chi connectivity index (χ2n) is 4.46. The molecule has 4 heteroatoms. The average Bonchev–Trinajstić information content (AvgIpc) is 2.91. The van der Waals surface area contributed by atoms with Gasteiger partial charge in [-0.15, -0.1) is 0 Å². The maximum atomic E-state index is 12.0. The Bertz CT molecular complexity index is 520. The van der Waals surface area contributed by atoms with E-state index in [9.17, 15) is 4.79 Å². The minimum absolute atomic E-state index is 0.103. The Morgan fingerprint density at radius 1 is 1.26 bits per heavy atom. The number of aryl methyl sites for hydroxylation is 1. The van der Waals surface area contributed by atoms with Crippen LogP contribution in [-0.4, -0.2) is 17.9 Å². The number of nitrogens with zero attached hydrogens (tertiary/aromatic N) is 1. The Morgan fingerprint density at radius 2 is 2.00 bits per heavy atom. The predicted molar refractivity (Wildman–Crippen MR) is 75.0 cm³/mol. The van der Waals surface area contributed by atoms with Crippen molar-refractivity contribution < 1.29 is 9.21 Å². The van der Waals surface area contributed by atoms with Crippen LogP contribution in [0.15, 0.2) is 47.1 Å². The molecule has 0 fully saturated rings. The number of furan rings is 1. The highest BCUT2D eigenvalue weighted by atomic mass is 35.5. The molecule has 0 aliphatic carbocycles. The van der Waals surface area contributed by atoms with Crippen LogP contribution in [0.3, 0.4) is 0 Å². The fourth-order valence-electron chi connectivity index (χ4n) is 1.83. The SMILES string of the molecule is CN(Cc1ccc(Cl)cc1)C(=O)CCc1ccco1. The van der Waals surface area contributed by atoms with Gasteiger partial charge < -0.3 is 9.32 Å². The molecule has 0 spiro atoms. The number of benzene rings is 1. The molecule has 19 heavy (non-hydrogen) atoms. The summed E-state index contributed by atoms with van der Waals surface area (Å²) in [5, 5.41) is 0.704. The van der Waals surface area contributed by atoms with Crippen LogP contribution < -0.4 is 0 Å². The van der Waals surface area contributed by atoms with Gasteiger partial charge in [-0.1, -0.05) is 23.7 Å². The highest BCUT2D eigenvalue weighted by Crippen LogP contribution is 2.12. The first-order valence-electron chi connectivity index (χ1n) is 6.16. The first-order chi connectivity index (χ1) is 9.15. The van der Waals surface area contributed by atoms with E-state index in [1.54, 1.807) is 18.2 Å². The summed E-state index contributed by atoms with van der Waals surface area (Å²) in [6.07, 6.45) is 2.71. The fourth-order valence-corrected chi connectivity index (χ4v) is 1.95. The van der Waals surface area contributed by atoms with Crippen molar-refractivity contribution in [3.8, 4) is 0 Å². The van der Waals surface area contributed by atoms with Gasteiger partial charge in [0.1, 0.15) is 5.76 Å². The Labute approximate surface area is 117 Å². The van der Waals surface area contributed by atoms with Gasteiger partial charge in [-0.2, -0.15) is 0 Å². The van der Waals surface area contributed by atoms with Crippen LogP contribution >= 0.6 is 11.6 Å². The van der Waals surface area contributed by atoms with Crippen molar-refractivity contribution in [1.82, 2.24) is 4.90 Å². The van der Waals surface area contributed by atoms with Crippen LogP contribution in [0, 0.1) is 0 Å². The third kappa shape index (κ3) is 4.14. The maximum absolute atomic E-state index is 12.0. The summed E-state index contributed by atoms with van der Waals surface area (Å²) in [7, 11) is 1.80. The van der Waals surface area contributed by atoms with Crippen molar-refractivity contribution in [2.75, 3.05) is 7.05 Å². The molecule has 1 aromatic heterocycles. The van der Waals surface area contributed by atoms with Crippen molar-refractivity contribution in [2.45, 2.75) is 19.4 Å². The van der Waals surface area contributed by atoms with Crippen molar-refractivity contribution >= 4 is 17.5 Å². The van der Waals surface area contributed by atoms with Gasteiger partial charge in [0.2, 0.25) is 5.91 Å². The lowest BCUT2D eigenvalue weighted by Gasteiger charge is -2.17. The highest BCUT2D eigenvalue weighted by Gasteiger charge is 2.10. The van der Waals surface area contributed by atoms with Gasteiger partial charge >= 0.3 is 0 Å². The quantitative estimate of drug-likeness (QED) is 0.838. The van der Waals surface area contributed by atoms with Crippen LogP contribution in [0.2, 0.25) is 5.02 Å². The molecule has 3 nitrogen and oxygen atoms in total. The van der Waals surface area contributed by atoms with Crippen LogP contribution in [-0.2, 0) is 17.8 Å². The summed E-state index contributed by atoms with van der Waals surface area (Å²) in [6.45, 7) is 0.591. The van der Waals surface area contributed by atoms with E-state index in [1.165, 1.54) is 0 Å². The van der Waals surface area contributed by atoms with Crippen molar-refractivity contribution in [3.05, 3.63) is 59.0 Å². The van der Waals surface area contributed by atoms with Crippen LogP contribution in [0.25, 0.3) is 0 Å². The van der Waals surface area contributed by atoms with Gasteiger partial charge in [-0.25, -0.2) is 0 Å². The number of hydrogen-bond donors (Lipinski definition) is 0. The van der Waals surface area contributed by atoms with Crippen molar-refractivity contribution in [1.29, 1.82) is 0 Å². The largest absolute Gasteiger partial charge is 0.469 e. The Hall–Kier alpha value is -1.74. The molecule has 1 aromatic carbocycles. The Kier molecular flexibility index (Phi) is 4.63. The molecule has 2 rings (SSSR count). The molecule has 0 aliphatic heterocycles. The molecule has 0 saturated heterocycles. The van der Waals surface area contributed by atoms with Gasteiger partial charge in [-0.05, 0) is 29.8 Å². The van der Waals surface area contributed by atoms with E-state index in [-0.39, 0.29) is 5.91 Å². The van der Waals surface area contributed by atoms with E-state index >= 15 is 0 Å². The Balaban J connectivity index is 1.83. The molecule has 0 aliphatic rings. The number of rotatable bonds is 5. The lowest BCUT2D eigenvalue weighted by Crippen LogP contribution is -2.26. The first-order valence-corrected chi connectivity index (χ1v) is 6.54. The molecule has 0 saturated carbocycles. The molecular formula is C15H16ClNO2. The molecule has 2 aromatic rings. The normalized spacial score (nSPS) is 10.4. The second-order valence-corrected chi connectivity index (χ2v) is 4.89. The standard InChI is InChI=1S/C15H16ClNO2/c1-17(11-12-4-6-13(16)7-5-12)15(18)9-8-14-3-2-10-19-14/h2-7,10H,8-9,11H2,1H3. The summed E-state index contributed by atoms with van der Waals surface area (Å²) >= 11 is 5.83. The minimum Gasteiger partial charge on any atom is -0.469 e. The number of amides is 1. The van der Waals surface area contributed by atoms with Gasteiger partial charge in [0.15, 0.2) is 0 Å². The molecule has 1 heterocycles. The molecule has 0 bridgehead atoms. The number of carbonyl (C=O) groups is 1. The summed E-state index contributed by atoms with van der Waals surface area (Å²) in [5.41, 5.74) is 1.07. The summed E-state index contributed by atoms with van der Waals surface area (Å²) in [5.74, 6) is 0.944. The highest BCUT2D eigenvalue weighted by molar-refractivity contribution is 6.30. The van der Waals surface area contributed by atoms with E-state index in [2.05, 4.69) is 0 Å². The monoisotopic (exact) mass is 277 g/mol. The molecule has 1 amide bonds. The molecular weight excluding hydrogens is 262 g/mol. The minimum atomic E-state index is 0.103. The number of halogens is 1. The predicted octanol–water partition coefficient (Wildman–Crippen LogP) is 3.52. The van der Waals surface area contributed by atoms with E-state index in [0.717, 1.165) is 11.3 Å². The third-order valence-corrected chi connectivity index (χ3v) is 3.18. The summed E-state index contributed by atoms with van der Waals surface area (Å²) in [6, 6.07) is 11.2. The van der Waals surface area contributed by atoms with E-state index in [0.29, 0.717) is 24.4 Å². The van der Waals surface area contributed by atoms with Gasteiger partial charge in [0.05, 0.1) is 6.26 Å². The maximum Gasteiger partial charge on any atom is 0.223 e. The molecule has 0 N–H and O–H groups in total. The molecule has 0 atom stereocenters. The molecule has 0 radical (unpaired) electrons. The smallest absolute Gasteiger partial charge is 0.223 e. The first kappa shape index (κ1) is 13.7. The van der Waals surface area contributed by atoms with E-state index in [1.807, 2.05) is 36.4 Å². The zero-order valence-corrected chi connectivity index (χ0v) is 11.6.